The molecule has 0 radical (unpaired) electrons. The average Bonchev–Trinajstić information content (AvgIpc) is 3.70. The summed E-state index contributed by atoms with van der Waals surface area (Å²) in [7, 11) is 1.56. The molecular formula is C45H40N4O6. The monoisotopic (exact) mass is 732 g/mol. The molecule has 0 saturated heterocycles. The Balaban J connectivity index is 0.949. The van der Waals surface area contributed by atoms with Crippen molar-refractivity contribution in [3.05, 3.63) is 136 Å². The summed E-state index contributed by atoms with van der Waals surface area (Å²) >= 11 is 0. The lowest BCUT2D eigenvalue weighted by Crippen LogP contribution is -2.37. The number of carbonyl (C=O) groups is 2. The number of anilines is 2. The molecule has 0 spiro atoms. The fourth-order valence-corrected chi connectivity index (χ4v) is 8.04. The van der Waals surface area contributed by atoms with Gasteiger partial charge in [0.15, 0.2) is 11.5 Å². The molecule has 4 aliphatic rings. The van der Waals surface area contributed by atoms with Crippen molar-refractivity contribution in [1.29, 1.82) is 0 Å². The van der Waals surface area contributed by atoms with E-state index in [1.54, 1.807) is 36.3 Å². The van der Waals surface area contributed by atoms with Crippen molar-refractivity contribution in [3.8, 4) is 17.2 Å². The summed E-state index contributed by atoms with van der Waals surface area (Å²) in [6.45, 7) is 4.43. The highest BCUT2D eigenvalue weighted by Gasteiger charge is 2.38. The minimum absolute atomic E-state index is 0.120. The third-order valence-electron chi connectivity index (χ3n) is 10.9. The van der Waals surface area contributed by atoms with Gasteiger partial charge in [-0.2, -0.15) is 0 Å². The zero-order valence-electron chi connectivity index (χ0n) is 30.9. The molecular weight excluding hydrogens is 693 g/mol. The number of aliphatic imine (C=N–C) groups is 2. The van der Waals surface area contributed by atoms with Gasteiger partial charge in [0, 0.05) is 54.3 Å². The summed E-state index contributed by atoms with van der Waals surface area (Å²) in [5.74, 6) is 1.37. The number of amides is 2. The van der Waals surface area contributed by atoms with Crippen LogP contribution in [0.25, 0.3) is 0 Å². The summed E-state index contributed by atoms with van der Waals surface area (Å²) in [6, 6.07) is 28.8. The van der Waals surface area contributed by atoms with E-state index in [1.807, 2.05) is 65.9 Å². The average molecular weight is 733 g/mol. The zero-order chi connectivity index (χ0) is 37.8. The molecule has 2 atom stereocenters. The van der Waals surface area contributed by atoms with E-state index in [1.165, 1.54) is 0 Å². The lowest BCUT2D eigenvalue weighted by Gasteiger charge is -2.22. The molecule has 0 aliphatic carbocycles. The van der Waals surface area contributed by atoms with Crippen LogP contribution in [-0.2, 0) is 32.7 Å². The predicted molar refractivity (Wildman–Crippen MR) is 212 cm³/mol. The van der Waals surface area contributed by atoms with Crippen LogP contribution in [0.2, 0.25) is 0 Å². The Morgan fingerprint density at radius 2 is 1.22 bits per heavy atom. The molecule has 0 saturated carbocycles. The first-order valence-corrected chi connectivity index (χ1v) is 18.6. The third kappa shape index (κ3) is 6.12. The molecule has 5 aromatic carbocycles. The van der Waals surface area contributed by atoms with Gasteiger partial charge in [0.1, 0.15) is 19.0 Å². The smallest absolute Gasteiger partial charge is 0.261 e. The molecule has 276 valence electrons. The van der Waals surface area contributed by atoms with E-state index in [2.05, 4.69) is 32.0 Å². The number of carbonyl (C=O) groups excluding carboxylic acids is 2. The topological polar surface area (TPSA) is 113 Å². The van der Waals surface area contributed by atoms with E-state index in [4.69, 9.17) is 24.2 Å². The Morgan fingerprint density at radius 3 is 1.76 bits per heavy atom. The number of benzene rings is 5. The molecule has 10 heteroatoms. The van der Waals surface area contributed by atoms with Crippen molar-refractivity contribution in [2.75, 3.05) is 16.9 Å². The molecule has 55 heavy (non-hydrogen) atoms. The van der Waals surface area contributed by atoms with Crippen LogP contribution in [0.1, 0.15) is 73.9 Å². The van der Waals surface area contributed by atoms with Crippen LogP contribution in [-0.4, -0.2) is 48.5 Å². The fraction of sp³-hybridized carbons (Fsp3) is 0.244. The molecule has 4 heterocycles. The van der Waals surface area contributed by atoms with Gasteiger partial charge in [-0.25, -0.2) is 0 Å². The van der Waals surface area contributed by atoms with E-state index >= 15 is 0 Å². The molecule has 10 nitrogen and oxygen atoms in total. The molecule has 1 N–H and O–H groups in total. The lowest BCUT2D eigenvalue weighted by atomic mass is 9.98. The number of methoxy groups -OCH3 is 1. The van der Waals surface area contributed by atoms with Crippen LogP contribution >= 0.6 is 0 Å². The summed E-state index contributed by atoms with van der Waals surface area (Å²) in [5, 5.41) is 10.4. The Bertz CT molecular complexity index is 2280. The molecule has 5 aromatic rings. The van der Waals surface area contributed by atoms with Gasteiger partial charge in [0.2, 0.25) is 0 Å². The van der Waals surface area contributed by atoms with Crippen LogP contribution in [0.4, 0.5) is 22.7 Å². The Labute approximate surface area is 319 Å². The second kappa shape index (κ2) is 13.9. The highest BCUT2D eigenvalue weighted by Crippen LogP contribution is 2.42. The van der Waals surface area contributed by atoms with Crippen LogP contribution in [0.15, 0.2) is 101 Å². The minimum atomic E-state index is -0.297. The number of nitrogens with zero attached hydrogens (tertiary/aromatic N) is 4. The zero-order valence-corrected chi connectivity index (χ0v) is 30.9. The van der Waals surface area contributed by atoms with Gasteiger partial charge in [-0.15, -0.1) is 0 Å². The lowest BCUT2D eigenvalue weighted by molar-refractivity contribution is 0.0978. The second-order valence-corrected chi connectivity index (χ2v) is 14.7. The van der Waals surface area contributed by atoms with Crippen molar-refractivity contribution in [2.24, 2.45) is 9.98 Å². The summed E-state index contributed by atoms with van der Waals surface area (Å²) in [5.41, 5.74) is 9.46. The molecule has 0 unspecified atom stereocenters. The first-order valence-electron chi connectivity index (χ1n) is 18.6. The van der Waals surface area contributed by atoms with Crippen molar-refractivity contribution in [1.82, 2.24) is 0 Å². The van der Waals surface area contributed by atoms with E-state index in [9.17, 15) is 14.7 Å². The van der Waals surface area contributed by atoms with Crippen LogP contribution < -0.4 is 24.0 Å². The predicted octanol–water partition coefficient (Wildman–Crippen LogP) is 8.04. The molecule has 0 fully saturated rings. The van der Waals surface area contributed by atoms with Gasteiger partial charge in [-0.05, 0) is 64.1 Å². The van der Waals surface area contributed by atoms with E-state index in [0.717, 1.165) is 39.2 Å². The van der Waals surface area contributed by atoms with Gasteiger partial charge in [0.05, 0.1) is 48.3 Å². The molecule has 9 rings (SSSR count). The number of aliphatic hydroxyl groups excluding tert-OH is 1. The first-order chi connectivity index (χ1) is 26.8. The minimum Gasteiger partial charge on any atom is -0.493 e. The number of aliphatic hydroxyl groups is 1. The number of hydrogen-bond donors (Lipinski definition) is 1. The first kappa shape index (κ1) is 34.5. The van der Waals surface area contributed by atoms with Gasteiger partial charge in [0.25, 0.3) is 11.8 Å². The van der Waals surface area contributed by atoms with Gasteiger partial charge in [-0.1, -0.05) is 62.4 Å². The molecule has 2 amide bonds. The Kier molecular flexibility index (Phi) is 8.70. The van der Waals surface area contributed by atoms with Gasteiger partial charge in [-0.3, -0.25) is 29.4 Å². The number of fused-ring (bicyclic) bond motifs is 8. The summed E-state index contributed by atoms with van der Waals surface area (Å²) < 4.78 is 18.5. The highest BCUT2D eigenvalue weighted by atomic mass is 16.5. The maximum absolute atomic E-state index is 13.9. The normalized spacial score (nSPS) is 17.5. The fourth-order valence-electron chi connectivity index (χ4n) is 8.04. The maximum Gasteiger partial charge on any atom is 0.261 e. The third-order valence-corrected chi connectivity index (χ3v) is 10.9. The van der Waals surface area contributed by atoms with Crippen molar-refractivity contribution in [3.63, 3.8) is 0 Å². The maximum atomic E-state index is 13.9. The van der Waals surface area contributed by atoms with E-state index < -0.39 is 0 Å². The van der Waals surface area contributed by atoms with Crippen LogP contribution in [0.5, 0.6) is 17.2 Å². The number of rotatable bonds is 9. The van der Waals surface area contributed by atoms with Crippen molar-refractivity contribution < 1.29 is 28.9 Å². The Hall–Kier alpha value is -6.26. The van der Waals surface area contributed by atoms with E-state index in [0.29, 0.717) is 58.2 Å². The highest BCUT2D eigenvalue weighted by molar-refractivity contribution is 6.15. The van der Waals surface area contributed by atoms with Gasteiger partial charge >= 0.3 is 0 Å². The summed E-state index contributed by atoms with van der Waals surface area (Å²) in [6.07, 6.45) is 5.09. The quantitative estimate of drug-likeness (QED) is 0.164. The summed E-state index contributed by atoms with van der Waals surface area (Å²) in [4.78, 5) is 40.8. The van der Waals surface area contributed by atoms with Crippen LogP contribution in [0.3, 0.4) is 0 Å². The molecule has 0 aromatic heterocycles. The van der Waals surface area contributed by atoms with Crippen molar-refractivity contribution in [2.45, 2.75) is 64.5 Å². The molecule has 4 aliphatic heterocycles. The number of hydrogen-bond acceptors (Lipinski definition) is 8. The second-order valence-electron chi connectivity index (χ2n) is 14.7. The van der Waals surface area contributed by atoms with Crippen LogP contribution in [0, 0.1) is 0 Å². The number of para-hydroxylation sites is 2. The Morgan fingerprint density at radius 1 is 0.691 bits per heavy atom. The SMILES string of the molecule is COc1cc2c(cc1OCc1cc(COc3cc4c(cc3CO)C(=O)N3c5ccccc5C[C@H]3C=N4)cc(C(C)C)c1)N=C[C@@H]1Cc3ccccc3N1C2=O. The van der Waals surface area contributed by atoms with Crippen molar-refractivity contribution >= 4 is 47.0 Å². The number of ether oxygens (including phenoxy) is 3. The largest absolute Gasteiger partial charge is 0.493 e. The molecule has 0 bridgehead atoms. The van der Waals surface area contributed by atoms with Gasteiger partial charge < -0.3 is 19.3 Å². The van der Waals surface area contributed by atoms with E-state index in [-0.39, 0.29) is 49.6 Å². The standard InChI is InChI=1S/C45H40N4O6/c1-26(2)31-13-27(24-54-41-19-37-35(17-32(41)23-50)44(51)48-33(21-46-37)15-29-8-4-6-10-39(29)48)12-28(14-31)25-55-43-20-38-36(18-42(43)53-3)45(52)49-34(22-47-38)16-30-9-5-7-11-40(30)49/h4-14,17-22,26,33-34,50H,15-16,23-25H2,1-3H3/t33-,34-/m0/s1.